The maximum atomic E-state index is 9.87. The molecule has 8 nitrogen and oxygen atoms in total. The molecule has 3 aromatic rings. The number of rotatable bonds is 6. The molecule has 2 aromatic heterocycles. The van der Waals surface area contributed by atoms with Gasteiger partial charge in [-0.3, -0.25) is 4.40 Å². The molecule has 3 rings (SSSR count). The second-order valence-electron chi connectivity index (χ2n) is 5.60. The van der Waals surface area contributed by atoms with Crippen molar-refractivity contribution < 1.29 is 9.84 Å². The molecule has 144 valence electrons. The predicted octanol–water partition coefficient (Wildman–Crippen LogP) is 2.32. The number of aromatic hydroxyl groups is 1. The smallest absolute Gasteiger partial charge is 0.191 e. The number of aliphatic imine (C=N–C) groups is 1. The lowest BCUT2D eigenvalue weighted by Gasteiger charge is -2.11. The summed E-state index contributed by atoms with van der Waals surface area (Å²) in [5.41, 5.74) is 1.69. The van der Waals surface area contributed by atoms with Crippen LogP contribution in [-0.4, -0.2) is 39.3 Å². The van der Waals surface area contributed by atoms with Gasteiger partial charge in [-0.1, -0.05) is 12.1 Å². The highest BCUT2D eigenvalue weighted by atomic mass is 127. The summed E-state index contributed by atoms with van der Waals surface area (Å²) in [7, 11) is 1.52. The summed E-state index contributed by atoms with van der Waals surface area (Å²) in [6, 6.07) is 11.0. The monoisotopic (exact) mass is 482 g/mol. The largest absolute Gasteiger partial charge is 0.504 e. The Morgan fingerprint density at radius 2 is 2.07 bits per heavy atom. The van der Waals surface area contributed by atoms with Gasteiger partial charge in [0.15, 0.2) is 28.9 Å². The van der Waals surface area contributed by atoms with Gasteiger partial charge in [0.05, 0.1) is 20.2 Å². The third-order valence-electron chi connectivity index (χ3n) is 3.81. The molecule has 0 saturated heterocycles. The van der Waals surface area contributed by atoms with Crippen LogP contribution in [0.2, 0.25) is 0 Å². The number of fused-ring (bicyclic) bond motifs is 1. The molecular weight excluding hydrogens is 459 g/mol. The fourth-order valence-corrected chi connectivity index (χ4v) is 2.52. The number of benzene rings is 1. The number of ether oxygens (including phenoxy) is 1. The standard InChI is InChI=1S/C18H22N6O2.HI/c1-3-19-18(20-11-13-7-8-15(26-2)14(25)10-13)21-12-17-23-22-16-6-4-5-9-24(16)17;/h4-10,25H,3,11-12H2,1-2H3,(H2,19,20,21);1H. The molecule has 0 amide bonds. The van der Waals surface area contributed by atoms with Gasteiger partial charge in [0.1, 0.15) is 0 Å². The number of methoxy groups -OCH3 is 1. The van der Waals surface area contributed by atoms with Gasteiger partial charge in [0, 0.05) is 12.7 Å². The Balaban J connectivity index is 0.00000261. The fourth-order valence-electron chi connectivity index (χ4n) is 2.52. The first-order valence-corrected chi connectivity index (χ1v) is 8.38. The molecule has 0 fully saturated rings. The predicted molar refractivity (Wildman–Crippen MR) is 115 cm³/mol. The van der Waals surface area contributed by atoms with Crippen LogP contribution in [0.5, 0.6) is 11.5 Å². The maximum absolute atomic E-state index is 9.87. The summed E-state index contributed by atoms with van der Waals surface area (Å²) in [4.78, 5) is 4.54. The lowest BCUT2D eigenvalue weighted by Crippen LogP contribution is -2.37. The van der Waals surface area contributed by atoms with Crippen molar-refractivity contribution in [2.24, 2.45) is 4.99 Å². The number of phenols is 1. The van der Waals surface area contributed by atoms with Gasteiger partial charge in [-0.25, -0.2) is 4.99 Å². The van der Waals surface area contributed by atoms with Gasteiger partial charge >= 0.3 is 0 Å². The van der Waals surface area contributed by atoms with Crippen molar-refractivity contribution in [2.75, 3.05) is 13.7 Å². The van der Waals surface area contributed by atoms with Crippen LogP contribution in [0, 0.1) is 0 Å². The van der Waals surface area contributed by atoms with Crippen molar-refractivity contribution in [3.63, 3.8) is 0 Å². The van der Waals surface area contributed by atoms with Gasteiger partial charge in [0.2, 0.25) is 0 Å². The molecule has 9 heteroatoms. The van der Waals surface area contributed by atoms with E-state index in [4.69, 9.17) is 4.74 Å². The molecular formula is C18H23IN6O2. The number of phenolic OH excluding ortho intramolecular Hbond substituents is 1. The molecule has 1 aromatic carbocycles. The van der Waals surface area contributed by atoms with E-state index in [1.165, 1.54) is 7.11 Å². The quantitative estimate of drug-likeness (QED) is 0.284. The lowest BCUT2D eigenvalue weighted by molar-refractivity contribution is 0.373. The summed E-state index contributed by atoms with van der Waals surface area (Å²) < 4.78 is 6.98. The first-order chi connectivity index (χ1) is 12.7. The minimum Gasteiger partial charge on any atom is -0.504 e. The first-order valence-electron chi connectivity index (χ1n) is 8.38. The van der Waals surface area contributed by atoms with Gasteiger partial charge in [-0.2, -0.15) is 0 Å². The molecule has 3 N–H and O–H groups in total. The number of guanidine groups is 1. The van der Waals surface area contributed by atoms with E-state index in [1.54, 1.807) is 12.1 Å². The van der Waals surface area contributed by atoms with E-state index in [2.05, 4.69) is 25.8 Å². The zero-order valence-corrected chi connectivity index (χ0v) is 17.5. The molecule has 0 spiro atoms. The van der Waals surface area contributed by atoms with E-state index < -0.39 is 0 Å². The van der Waals surface area contributed by atoms with Crippen LogP contribution in [-0.2, 0) is 13.1 Å². The summed E-state index contributed by atoms with van der Waals surface area (Å²) in [6.45, 7) is 3.65. The van der Waals surface area contributed by atoms with Gasteiger partial charge in [-0.05, 0) is 36.8 Å². The minimum atomic E-state index is 0. The molecule has 0 radical (unpaired) electrons. The Kier molecular flexibility index (Phi) is 7.65. The van der Waals surface area contributed by atoms with E-state index >= 15 is 0 Å². The molecule has 0 bridgehead atoms. The number of pyridine rings is 1. The second kappa shape index (κ2) is 9.95. The molecule has 0 saturated carbocycles. The third kappa shape index (κ3) is 5.22. The minimum absolute atomic E-state index is 0. The van der Waals surface area contributed by atoms with Crippen molar-refractivity contribution >= 4 is 35.6 Å². The Morgan fingerprint density at radius 1 is 1.22 bits per heavy atom. The van der Waals surface area contributed by atoms with Crippen LogP contribution in [0.1, 0.15) is 18.3 Å². The van der Waals surface area contributed by atoms with Crippen LogP contribution in [0.4, 0.5) is 0 Å². The Hall–Kier alpha value is -2.56. The molecule has 0 aliphatic heterocycles. The van der Waals surface area contributed by atoms with Crippen molar-refractivity contribution in [1.29, 1.82) is 0 Å². The van der Waals surface area contributed by atoms with Crippen LogP contribution in [0.3, 0.4) is 0 Å². The van der Waals surface area contributed by atoms with Gasteiger partial charge < -0.3 is 20.5 Å². The average Bonchev–Trinajstić information content (AvgIpc) is 3.07. The number of nitrogens with one attached hydrogen (secondary N) is 2. The SMILES string of the molecule is CCNC(=NCc1ccc(OC)c(O)c1)NCc1nnc2ccccn12.I. The van der Waals surface area contributed by atoms with Gasteiger partial charge in [-0.15, -0.1) is 34.2 Å². The molecule has 0 aliphatic rings. The highest BCUT2D eigenvalue weighted by Crippen LogP contribution is 2.26. The molecule has 0 aliphatic carbocycles. The van der Waals surface area contributed by atoms with Crippen LogP contribution in [0.25, 0.3) is 5.65 Å². The zero-order chi connectivity index (χ0) is 18.4. The Bertz CT molecular complexity index is 912. The lowest BCUT2D eigenvalue weighted by atomic mass is 10.2. The van der Waals surface area contributed by atoms with Gasteiger partial charge in [0.25, 0.3) is 0 Å². The summed E-state index contributed by atoms with van der Waals surface area (Å²) in [6.07, 6.45) is 1.93. The number of hydrogen-bond donors (Lipinski definition) is 3. The topological polar surface area (TPSA) is 96.1 Å². The molecule has 0 unspecified atom stereocenters. The highest BCUT2D eigenvalue weighted by Gasteiger charge is 2.06. The number of nitrogens with zero attached hydrogens (tertiary/aromatic N) is 4. The van der Waals surface area contributed by atoms with Crippen molar-refractivity contribution in [2.45, 2.75) is 20.0 Å². The van der Waals surface area contributed by atoms with Crippen LogP contribution < -0.4 is 15.4 Å². The van der Waals surface area contributed by atoms with E-state index in [0.29, 0.717) is 24.8 Å². The molecule has 2 heterocycles. The van der Waals surface area contributed by atoms with Crippen molar-refractivity contribution in [1.82, 2.24) is 25.2 Å². The number of hydrogen-bond acceptors (Lipinski definition) is 5. The molecule has 27 heavy (non-hydrogen) atoms. The van der Waals surface area contributed by atoms with Crippen LogP contribution in [0.15, 0.2) is 47.6 Å². The van der Waals surface area contributed by atoms with Crippen molar-refractivity contribution in [3.8, 4) is 11.5 Å². The van der Waals surface area contributed by atoms with Crippen LogP contribution >= 0.6 is 24.0 Å². The Morgan fingerprint density at radius 3 is 2.81 bits per heavy atom. The van der Waals surface area contributed by atoms with E-state index in [9.17, 15) is 5.11 Å². The van der Waals surface area contributed by atoms with E-state index in [0.717, 1.165) is 23.6 Å². The Labute approximate surface area is 174 Å². The first kappa shape index (κ1) is 20.7. The van der Waals surface area contributed by atoms with E-state index in [1.807, 2.05) is 41.8 Å². The number of aromatic nitrogens is 3. The summed E-state index contributed by atoms with van der Waals surface area (Å²) in [5.74, 6) is 2.01. The van der Waals surface area contributed by atoms with Crippen molar-refractivity contribution in [3.05, 3.63) is 54.0 Å². The average molecular weight is 482 g/mol. The highest BCUT2D eigenvalue weighted by molar-refractivity contribution is 14.0. The maximum Gasteiger partial charge on any atom is 0.191 e. The normalized spacial score (nSPS) is 11.1. The zero-order valence-electron chi connectivity index (χ0n) is 15.2. The summed E-state index contributed by atoms with van der Waals surface area (Å²) in [5, 5.41) is 24.6. The fraction of sp³-hybridized carbons (Fsp3) is 0.278. The molecule has 0 atom stereocenters. The third-order valence-corrected chi connectivity index (χ3v) is 3.81. The van der Waals surface area contributed by atoms with E-state index in [-0.39, 0.29) is 29.7 Å². The second-order valence-corrected chi connectivity index (χ2v) is 5.60. The summed E-state index contributed by atoms with van der Waals surface area (Å²) >= 11 is 0. The number of halogens is 1.